The average Bonchev–Trinajstić information content (AvgIpc) is 2.89. The van der Waals surface area contributed by atoms with Gasteiger partial charge in [-0.25, -0.2) is 4.79 Å². The van der Waals surface area contributed by atoms with Crippen LogP contribution in [-0.2, 0) is 6.54 Å². The standard InChI is InChI=1S/C19H21N3O/c1-4-22-12-16(15-10-5-6-11-17(15)22)20-19(23)21-18-13(2)8-7-9-14(18)3/h5-12H,4H2,1-3H3,(H2,20,21,23). The first kappa shape index (κ1) is 15.2. The normalized spacial score (nSPS) is 10.7. The van der Waals surface area contributed by atoms with Gasteiger partial charge in [0, 0.05) is 23.8 Å². The maximum absolute atomic E-state index is 12.4. The molecular weight excluding hydrogens is 286 g/mol. The van der Waals surface area contributed by atoms with Crippen LogP contribution in [0.1, 0.15) is 18.1 Å². The molecule has 4 nitrogen and oxygen atoms in total. The van der Waals surface area contributed by atoms with E-state index in [0.29, 0.717) is 0 Å². The van der Waals surface area contributed by atoms with Gasteiger partial charge in [-0.1, -0.05) is 36.4 Å². The minimum atomic E-state index is -0.221. The first-order valence-electron chi connectivity index (χ1n) is 7.82. The van der Waals surface area contributed by atoms with E-state index in [1.54, 1.807) is 0 Å². The second kappa shape index (κ2) is 6.16. The number of benzene rings is 2. The molecule has 3 rings (SSSR count). The molecule has 0 unspecified atom stereocenters. The Bertz CT molecular complexity index is 844. The Balaban J connectivity index is 1.86. The molecule has 0 bridgehead atoms. The van der Waals surface area contributed by atoms with Crippen molar-refractivity contribution < 1.29 is 4.79 Å². The zero-order chi connectivity index (χ0) is 16.4. The number of nitrogens with one attached hydrogen (secondary N) is 2. The molecule has 0 saturated heterocycles. The lowest BCUT2D eigenvalue weighted by Gasteiger charge is -2.12. The highest BCUT2D eigenvalue weighted by atomic mass is 16.2. The molecule has 0 saturated carbocycles. The molecule has 2 N–H and O–H groups in total. The van der Waals surface area contributed by atoms with E-state index in [-0.39, 0.29) is 6.03 Å². The van der Waals surface area contributed by atoms with E-state index in [2.05, 4.69) is 28.2 Å². The molecule has 118 valence electrons. The number of urea groups is 1. The Morgan fingerprint density at radius 2 is 1.70 bits per heavy atom. The van der Waals surface area contributed by atoms with E-state index in [1.807, 2.05) is 56.4 Å². The molecule has 0 aliphatic rings. The molecular formula is C19H21N3O. The number of fused-ring (bicyclic) bond motifs is 1. The number of aryl methyl sites for hydroxylation is 3. The topological polar surface area (TPSA) is 46.1 Å². The molecule has 0 aliphatic carbocycles. The number of hydrogen-bond donors (Lipinski definition) is 2. The van der Waals surface area contributed by atoms with Gasteiger partial charge in [0.25, 0.3) is 0 Å². The van der Waals surface area contributed by atoms with Gasteiger partial charge in [-0.3, -0.25) is 0 Å². The summed E-state index contributed by atoms with van der Waals surface area (Å²) in [5.74, 6) is 0. The number of carbonyl (C=O) groups excluding carboxylic acids is 1. The van der Waals surface area contributed by atoms with E-state index in [1.165, 1.54) is 0 Å². The van der Waals surface area contributed by atoms with E-state index in [9.17, 15) is 4.79 Å². The first-order chi connectivity index (χ1) is 11.1. The van der Waals surface area contributed by atoms with Crippen molar-refractivity contribution in [3.05, 3.63) is 59.8 Å². The van der Waals surface area contributed by atoms with Crippen LogP contribution in [0.2, 0.25) is 0 Å². The Morgan fingerprint density at radius 1 is 1.00 bits per heavy atom. The van der Waals surface area contributed by atoms with Crippen molar-refractivity contribution in [2.24, 2.45) is 0 Å². The first-order valence-corrected chi connectivity index (χ1v) is 7.82. The third kappa shape index (κ3) is 2.93. The van der Waals surface area contributed by atoms with E-state index >= 15 is 0 Å². The van der Waals surface area contributed by atoms with Crippen LogP contribution in [-0.4, -0.2) is 10.6 Å². The summed E-state index contributed by atoms with van der Waals surface area (Å²) < 4.78 is 2.13. The summed E-state index contributed by atoms with van der Waals surface area (Å²) in [6.45, 7) is 6.94. The number of anilines is 2. The number of hydrogen-bond acceptors (Lipinski definition) is 1. The molecule has 0 atom stereocenters. The van der Waals surface area contributed by atoms with Crippen LogP contribution in [0.15, 0.2) is 48.7 Å². The molecule has 2 amide bonds. The number of amides is 2. The third-order valence-corrected chi connectivity index (χ3v) is 4.10. The van der Waals surface area contributed by atoms with Crippen molar-refractivity contribution in [3.63, 3.8) is 0 Å². The molecule has 1 aromatic heterocycles. The molecule has 3 aromatic rings. The molecule has 0 radical (unpaired) electrons. The van der Waals surface area contributed by atoms with Crippen molar-refractivity contribution in [3.8, 4) is 0 Å². The van der Waals surface area contributed by atoms with Gasteiger partial charge in [-0.05, 0) is 38.0 Å². The third-order valence-electron chi connectivity index (χ3n) is 4.10. The summed E-state index contributed by atoms with van der Waals surface area (Å²) in [5, 5.41) is 6.98. The number of rotatable bonds is 3. The van der Waals surface area contributed by atoms with Gasteiger partial charge >= 0.3 is 6.03 Å². The predicted octanol–water partition coefficient (Wildman–Crippen LogP) is 4.92. The highest BCUT2D eigenvalue weighted by Gasteiger charge is 2.11. The fourth-order valence-corrected chi connectivity index (χ4v) is 2.89. The second-order valence-corrected chi connectivity index (χ2v) is 5.69. The monoisotopic (exact) mass is 307 g/mol. The Morgan fingerprint density at radius 3 is 2.39 bits per heavy atom. The zero-order valence-corrected chi connectivity index (χ0v) is 13.7. The number of nitrogens with zero attached hydrogens (tertiary/aromatic N) is 1. The lowest BCUT2D eigenvalue weighted by atomic mass is 10.1. The Labute approximate surface area is 136 Å². The van der Waals surface area contributed by atoms with Gasteiger partial charge in [-0.15, -0.1) is 0 Å². The molecule has 1 heterocycles. The summed E-state index contributed by atoms with van der Waals surface area (Å²) in [5.41, 5.74) is 4.92. The van der Waals surface area contributed by atoms with E-state index < -0.39 is 0 Å². The molecule has 4 heteroatoms. The van der Waals surface area contributed by atoms with Crippen molar-refractivity contribution in [2.45, 2.75) is 27.3 Å². The van der Waals surface area contributed by atoms with Gasteiger partial charge in [0.15, 0.2) is 0 Å². The van der Waals surface area contributed by atoms with Crippen molar-refractivity contribution >= 4 is 28.3 Å². The second-order valence-electron chi connectivity index (χ2n) is 5.69. The summed E-state index contributed by atoms with van der Waals surface area (Å²) in [6, 6.07) is 13.8. The number of para-hydroxylation sites is 2. The maximum Gasteiger partial charge on any atom is 0.323 e. The zero-order valence-electron chi connectivity index (χ0n) is 13.7. The minimum absolute atomic E-state index is 0.221. The summed E-state index contributed by atoms with van der Waals surface area (Å²) in [6.07, 6.45) is 1.98. The van der Waals surface area contributed by atoms with Gasteiger partial charge in [-0.2, -0.15) is 0 Å². The van der Waals surface area contributed by atoms with Gasteiger partial charge in [0.2, 0.25) is 0 Å². The summed E-state index contributed by atoms with van der Waals surface area (Å²) in [7, 11) is 0. The van der Waals surface area contributed by atoms with Crippen LogP contribution in [0, 0.1) is 13.8 Å². The minimum Gasteiger partial charge on any atom is -0.346 e. The fraction of sp³-hybridized carbons (Fsp3) is 0.211. The highest BCUT2D eigenvalue weighted by molar-refractivity contribution is 6.06. The SMILES string of the molecule is CCn1cc(NC(=O)Nc2c(C)cccc2C)c2ccccc21. The number of carbonyl (C=O) groups is 1. The summed E-state index contributed by atoms with van der Waals surface area (Å²) in [4.78, 5) is 12.4. The highest BCUT2D eigenvalue weighted by Crippen LogP contribution is 2.26. The van der Waals surface area contributed by atoms with Crippen molar-refractivity contribution in [1.29, 1.82) is 0 Å². The Kier molecular flexibility index (Phi) is 4.06. The maximum atomic E-state index is 12.4. The molecule has 0 fully saturated rings. The smallest absolute Gasteiger partial charge is 0.323 e. The van der Waals surface area contributed by atoms with Crippen LogP contribution in [0.25, 0.3) is 10.9 Å². The van der Waals surface area contributed by atoms with Gasteiger partial charge < -0.3 is 15.2 Å². The van der Waals surface area contributed by atoms with Crippen LogP contribution in [0.5, 0.6) is 0 Å². The Hall–Kier alpha value is -2.75. The molecule has 2 aromatic carbocycles. The van der Waals surface area contributed by atoms with Gasteiger partial charge in [0.1, 0.15) is 0 Å². The average molecular weight is 307 g/mol. The largest absolute Gasteiger partial charge is 0.346 e. The lowest BCUT2D eigenvalue weighted by Crippen LogP contribution is -2.20. The molecule has 0 spiro atoms. The van der Waals surface area contributed by atoms with Crippen LogP contribution in [0.3, 0.4) is 0 Å². The van der Waals surface area contributed by atoms with Crippen LogP contribution >= 0.6 is 0 Å². The summed E-state index contributed by atoms with van der Waals surface area (Å²) >= 11 is 0. The molecule has 0 aliphatic heterocycles. The van der Waals surface area contributed by atoms with Crippen molar-refractivity contribution in [2.75, 3.05) is 10.6 Å². The predicted molar refractivity (Wildman–Crippen MR) is 96.2 cm³/mol. The van der Waals surface area contributed by atoms with Crippen molar-refractivity contribution in [1.82, 2.24) is 4.57 Å². The van der Waals surface area contributed by atoms with Crippen LogP contribution < -0.4 is 10.6 Å². The van der Waals surface area contributed by atoms with Gasteiger partial charge in [0.05, 0.1) is 11.2 Å². The molecule has 23 heavy (non-hydrogen) atoms. The van der Waals surface area contributed by atoms with E-state index in [0.717, 1.165) is 39.9 Å². The lowest BCUT2D eigenvalue weighted by molar-refractivity contribution is 0.262. The number of aromatic nitrogens is 1. The van der Waals surface area contributed by atoms with Crippen LogP contribution in [0.4, 0.5) is 16.2 Å². The van der Waals surface area contributed by atoms with E-state index in [4.69, 9.17) is 0 Å². The quantitative estimate of drug-likeness (QED) is 0.708. The fourth-order valence-electron chi connectivity index (χ4n) is 2.89.